The fraction of sp³-hybridized carbons (Fsp3) is 0.520. The lowest BCUT2D eigenvalue weighted by Gasteiger charge is -2.33. The van der Waals surface area contributed by atoms with Crippen molar-refractivity contribution in [3.8, 4) is 5.75 Å². The van der Waals surface area contributed by atoms with Crippen LogP contribution >= 0.6 is 0 Å². The molecule has 0 radical (unpaired) electrons. The first-order valence-electron chi connectivity index (χ1n) is 11.2. The minimum absolute atomic E-state index is 0.0242. The first kappa shape index (κ1) is 21.2. The topological polar surface area (TPSA) is 40.2 Å². The highest BCUT2D eigenvalue weighted by atomic mass is 16.7. The summed E-state index contributed by atoms with van der Waals surface area (Å²) in [5.74, 6) is 0.905. The second-order valence-corrected chi connectivity index (χ2v) is 7.99. The smallest absolute Gasteiger partial charge is 0.157 e. The van der Waals surface area contributed by atoms with Crippen LogP contribution < -0.4 is 9.64 Å². The van der Waals surface area contributed by atoms with Gasteiger partial charge in [0, 0.05) is 25.4 Å². The Hall–Kier alpha value is -2.08. The third-order valence-corrected chi connectivity index (χ3v) is 5.77. The highest BCUT2D eigenvalue weighted by molar-refractivity contribution is 5.49. The molecule has 0 N–H and O–H groups in total. The molecule has 1 atom stereocenters. The van der Waals surface area contributed by atoms with Gasteiger partial charge in [0.25, 0.3) is 0 Å². The SMILES string of the molecule is c1ccc(COc2ccc(N3CCC(OCCOC4CCCCO4)CC3)cc2)cc1. The van der Waals surface area contributed by atoms with Crippen LogP contribution in [-0.4, -0.2) is 45.3 Å². The van der Waals surface area contributed by atoms with Crippen molar-refractivity contribution in [2.45, 2.75) is 51.1 Å². The average Bonchev–Trinajstić information content (AvgIpc) is 2.83. The Morgan fingerprint density at radius 3 is 2.33 bits per heavy atom. The van der Waals surface area contributed by atoms with E-state index < -0.39 is 0 Å². The Morgan fingerprint density at radius 1 is 0.833 bits per heavy atom. The summed E-state index contributed by atoms with van der Waals surface area (Å²) in [7, 11) is 0. The van der Waals surface area contributed by atoms with Gasteiger partial charge in [0.2, 0.25) is 0 Å². The minimum atomic E-state index is -0.0242. The Morgan fingerprint density at radius 2 is 1.60 bits per heavy atom. The number of hydrogen-bond donors (Lipinski definition) is 0. The quantitative estimate of drug-likeness (QED) is 0.555. The number of benzene rings is 2. The summed E-state index contributed by atoms with van der Waals surface area (Å²) < 4.78 is 23.3. The van der Waals surface area contributed by atoms with Crippen LogP contribution in [0, 0.1) is 0 Å². The number of rotatable bonds is 9. The Balaban J connectivity index is 1.13. The second kappa shape index (κ2) is 11.3. The van der Waals surface area contributed by atoms with Crippen molar-refractivity contribution in [3.63, 3.8) is 0 Å². The Bertz CT molecular complexity index is 723. The summed E-state index contributed by atoms with van der Waals surface area (Å²) >= 11 is 0. The highest BCUT2D eigenvalue weighted by Gasteiger charge is 2.20. The zero-order chi connectivity index (χ0) is 20.4. The summed E-state index contributed by atoms with van der Waals surface area (Å²) in [6.45, 7) is 4.72. The molecule has 2 fully saturated rings. The minimum Gasteiger partial charge on any atom is -0.489 e. The lowest BCUT2D eigenvalue weighted by Crippen LogP contribution is -2.37. The van der Waals surface area contributed by atoms with E-state index in [1.54, 1.807) is 0 Å². The molecular weight excluding hydrogens is 378 g/mol. The molecule has 2 aromatic carbocycles. The molecule has 1 unspecified atom stereocenters. The van der Waals surface area contributed by atoms with Crippen LogP contribution in [0.15, 0.2) is 54.6 Å². The molecule has 0 bridgehead atoms. The predicted octanol–water partition coefficient (Wildman–Crippen LogP) is 4.79. The maximum absolute atomic E-state index is 6.02. The number of ether oxygens (including phenoxy) is 4. The van der Waals surface area contributed by atoms with Crippen molar-refractivity contribution in [1.29, 1.82) is 0 Å². The third-order valence-electron chi connectivity index (χ3n) is 5.77. The molecule has 30 heavy (non-hydrogen) atoms. The van der Waals surface area contributed by atoms with Crippen LogP contribution in [0.5, 0.6) is 5.75 Å². The molecule has 5 nitrogen and oxygen atoms in total. The van der Waals surface area contributed by atoms with Crippen LogP contribution in [0.3, 0.4) is 0 Å². The first-order chi connectivity index (χ1) is 14.9. The summed E-state index contributed by atoms with van der Waals surface area (Å²) in [5.41, 5.74) is 2.43. The van der Waals surface area contributed by atoms with E-state index in [1.165, 1.54) is 17.7 Å². The molecule has 0 spiro atoms. The van der Waals surface area contributed by atoms with Gasteiger partial charge in [-0.2, -0.15) is 0 Å². The second-order valence-electron chi connectivity index (χ2n) is 7.99. The average molecular weight is 412 g/mol. The Labute approximate surface area is 179 Å². The fourth-order valence-corrected chi connectivity index (χ4v) is 4.01. The zero-order valence-electron chi connectivity index (χ0n) is 17.7. The summed E-state index contributed by atoms with van der Waals surface area (Å²) in [6, 6.07) is 18.7. The molecule has 0 amide bonds. The number of nitrogens with zero attached hydrogens (tertiary/aromatic N) is 1. The molecule has 2 heterocycles. The molecule has 2 saturated heterocycles. The molecule has 5 heteroatoms. The molecule has 2 aliphatic heterocycles. The Kier molecular flexibility index (Phi) is 8.01. The maximum atomic E-state index is 6.02. The lowest BCUT2D eigenvalue weighted by molar-refractivity contribution is -0.171. The van der Waals surface area contributed by atoms with Crippen molar-refractivity contribution in [2.24, 2.45) is 0 Å². The van der Waals surface area contributed by atoms with Crippen molar-refractivity contribution in [2.75, 3.05) is 37.8 Å². The summed E-state index contributed by atoms with van der Waals surface area (Å²) in [4.78, 5) is 2.42. The van der Waals surface area contributed by atoms with Gasteiger partial charge in [-0.15, -0.1) is 0 Å². The molecule has 162 valence electrons. The fourth-order valence-electron chi connectivity index (χ4n) is 4.01. The molecule has 0 saturated carbocycles. The van der Waals surface area contributed by atoms with Crippen LogP contribution in [0.1, 0.15) is 37.7 Å². The predicted molar refractivity (Wildman–Crippen MR) is 118 cm³/mol. The van der Waals surface area contributed by atoms with E-state index in [0.29, 0.717) is 25.9 Å². The van der Waals surface area contributed by atoms with E-state index in [2.05, 4.69) is 41.3 Å². The van der Waals surface area contributed by atoms with Crippen LogP contribution in [-0.2, 0) is 20.8 Å². The summed E-state index contributed by atoms with van der Waals surface area (Å²) in [6.07, 6.45) is 5.75. The van der Waals surface area contributed by atoms with Crippen molar-refractivity contribution in [1.82, 2.24) is 0 Å². The molecule has 0 aromatic heterocycles. The number of anilines is 1. The third kappa shape index (κ3) is 6.46. The van der Waals surface area contributed by atoms with Crippen LogP contribution in [0.2, 0.25) is 0 Å². The lowest BCUT2D eigenvalue weighted by atomic mass is 10.1. The van der Waals surface area contributed by atoms with Gasteiger partial charge in [-0.1, -0.05) is 30.3 Å². The molecule has 4 rings (SSSR count). The van der Waals surface area contributed by atoms with Gasteiger partial charge < -0.3 is 23.8 Å². The maximum Gasteiger partial charge on any atom is 0.157 e. The summed E-state index contributed by atoms with van der Waals surface area (Å²) in [5, 5.41) is 0. The molecule has 2 aromatic rings. The van der Waals surface area contributed by atoms with E-state index in [0.717, 1.165) is 51.1 Å². The normalized spacial score (nSPS) is 20.3. The van der Waals surface area contributed by atoms with Gasteiger partial charge >= 0.3 is 0 Å². The molecular formula is C25H33NO4. The molecule has 2 aliphatic rings. The van der Waals surface area contributed by atoms with Crippen molar-refractivity contribution < 1.29 is 18.9 Å². The standard InChI is InChI=1S/C25H33NO4/c1-2-6-21(7-3-1)20-30-23-11-9-22(10-12-23)26-15-13-24(14-16-26)27-18-19-29-25-8-4-5-17-28-25/h1-3,6-7,9-12,24-25H,4-5,8,13-20H2. The van der Waals surface area contributed by atoms with Gasteiger partial charge in [0.15, 0.2) is 6.29 Å². The largest absolute Gasteiger partial charge is 0.489 e. The zero-order valence-corrected chi connectivity index (χ0v) is 17.7. The highest BCUT2D eigenvalue weighted by Crippen LogP contribution is 2.24. The van der Waals surface area contributed by atoms with Crippen molar-refractivity contribution in [3.05, 3.63) is 60.2 Å². The van der Waals surface area contributed by atoms with Gasteiger partial charge in [-0.25, -0.2) is 0 Å². The van der Waals surface area contributed by atoms with Gasteiger partial charge in [-0.3, -0.25) is 0 Å². The number of hydrogen-bond acceptors (Lipinski definition) is 5. The van der Waals surface area contributed by atoms with E-state index in [9.17, 15) is 0 Å². The van der Waals surface area contributed by atoms with Gasteiger partial charge in [0.05, 0.1) is 19.3 Å². The van der Waals surface area contributed by atoms with Gasteiger partial charge in [0.1, 0.15) is 12.4 Å². The van der Waals surface area contributed by atoms with Crippen molar-refractivity contribution >= 4 is 5.69 Å². The van der Waals surface area contributed by atoms with E-state index >= 15 is 0 Å². The number of piperidine rings is 1. The monoisotopic (exact) mass is 411 g/mol. The van der Waals surface area contributed by atoms with E-state index in [1.807, 2.05) is 18.2 Å². The van der Waals surface area contributed by atoms with E-state index in [4.69, 9.17) is 18.9 Å². The van der Waals surface area contributed by atoms with E-state index in [-0.39, 0.29) is 6.29 Å². The van der Waals surface area contributed by atoms with Gasteiger partial charge in [-0.05, 0) is 61.9 Å². The van der Waals surface area contributed by atoms with Crippen LogP contribution in [0.25, 0.3) is 0 Å². The van der Waals surface area contributed by atoms with Crippen LogP contribution in [0.4, 0.5) is 5.69 Å². The first-order valence-corrected chi connectivity index (χ1v) is 11.2. The molecule has 0 aliphatic carbocycles.